The average Bonchev–Trinajstić information content (AvgIpc) is 3.31. The first-order valence-electron chi connectivity index (χ1n) is 7.78. The van der Waals surface area contributed by atoms with Gasteiger partial charge in [-0.15, -0.1) is 0 Å². The van der Waals surface area contributed by atoms with Gasteiger partial charge in [0.25, 0.3) is 0 Å². The second kappa shape index (κ2) is 6.31. The Morgan fingerprint density at radius 3 is 2.38 bits per heavy atom. The molecule has 0 amide bonds. The van der Waals surface area contributed by atoms with Gasteiger partial charge in [-0.05, 0) is 61.7 Å². The molecule has 21 heavy (non-hydrogen) atoms. The number of nitrogens with one attached hydrogen (secondary N) is 1. The van der Waals surface area contributed by atoms with Crippen LogP contribution in [0.5, 0.6) is 0 Å². The Morgan fingerprint density at radius 1 is 1.00 bits per heavy atom. The van der Waals surface area contributed by atoms with Crippen LogP contribution < -0.4 is 5.32 Å². The van der Waals surface area contributed by atoms with Crippen LogP contribution in [0, 0.1) is 0 Å². The van der Waals surface area contributed by atoms with Crippen molar-refractivity contribution in [2.45, 2.75) is 31.8 Å². The fourth-order valence-electron chi connectivity index (χ4n) is 2.78. The third-order valence-corrected chi connectivity index (χ3v) is 4.01. The lowest BCUT2D eigenvalue weighted by Gasteiger charge is -2.13. The van der Waals surface area contributed by atoms with Crippen LogP contribution in [0.2, 0.25) is 0 Å². The van der Waals surface area contributed by atoms with E-state index in [1.54, 1.807) is 0 Å². The fraction of sp³-hybridized carbons (Fsp3) is 0.368. The van der Waals surface area contributed by atoms with E-state index in [0.717, 1.165) is 19.0 Å². The van der Waals surface area contributed by atoms with Crippen LogP contribution in [0.3, 0.4) is 0 Å². The molecule has 0 radical (unpaired) electrons. The number of benzene rings is 2. The summed E-state index contributed by atoms with van der Waals surface area (Å²) in [5.74, 6) is 0.811. The molecule has 0 saturated heterocycles. The molecule has 0 unspecified atom stereocenters. The van der Waals surface area contributed by atoms with Crippen molar-refractivity contribution in [3.05, 3.63) is 65.2 Å². The van der Waals surface area contributed by atoms with Crippen molar-refractivity contribution in [2.24, 2.45) is 0 Å². The molecule has 110 valence electrons. The minimum Gasteiger partial charge on any atom is -0.381 e. The smallest absolute Gasteiger partial charge is 0.0403 e. The van der Waals surface area contributed by atoms with E-state index in [2.05, 4.69) is 72.8 Å². The van der Waals surface area contributed by atoms with Gasteiger partial charge in [-0.1, -0.05) is 36.4 Å². The van der Waals surface area contributed by atoms with Gasteiger partial charge in [-0.2, -0.15) is 0 Å². The highest BCUT2D eigenvalue weighted by atomic mass is 15.0. The Labute approximate surface area is 127 Å². The number of hydrogen-bond acceptors (Lipinski definition) is 2. The lowest BCUT2D eigenvalue weighted by Crippen LogP contribution is -2.10. The first-order chi connectivity index (χ1) is 10.2. The molecule has 1 aliphatic rings. The Hall–Kier alpha value is -1.80. The van der Waals surface area contributed by atoms with Gasteiger partial charge in [0, 0.05) is 18.8 Å². The minimum atomic E-state index is 0.811. The van der Waals surface area contributed by atoms with Gasteiger partial charge in [0.15, 0.2) is 0 Å². The third-order valence-electron chi connectivity index (χ3n) is 4.01. The molecule has 1 saturated carbocycles. The first kappa shape index (κ1) is 14.2. The van der Waals surface area contributed by atoms with Crippen molar-refractivity contribution in [1.82, 2.24) is 4.90 Å². The molecule has 1 fully saturated rings. The molecule has 1 N–H and O–H groups in total. The number of hydrogen-bond donors (Lipinski definition) is 1. The zero-order valence-corrected chi connectivity index (χ0v) is 13.0. The largest absolute Gasteiger partial charge is 0.381 e. The van der Waals surface area contributed by atoms with Gasteiger partial charge in [0.2, 0.25) is 0 Å². The molecule has 2 aromatic rings. The van der Waals surface area contributed by atoms with Crippen LogP contribution in [-0.4, -0.2) is 19.0 Å². The topological polar surface area (TPSA) is 15.3 Å². The van der Waals surface area contributed by atoms with Crippen molar-refractivity contribution >= 4 is 5.69 Å². The SMILES string of the molecule is CN(C)Cc1ccc(NCc2ccccc2C2CC2)cc1. The zero-order valence-electron chi connectivity index (χ0n) is 13.0. The standard InChI is InChI=1S/C19H24N2/c1-21(2)14-15-7-11-18(12-8-15)20-13-17-5-3-4-6-19(17)16-9-10-16/h3-8,11-12,16,20H,9-10,13-14H2,1-2H3. The molecule has 2 heteroatoms. The van der Waals surface area contributed by atoms with Gasteiger partial charge in [0.05, 0.1) is 0 Å². The van der Waals surface area contributed by atoms with Crippen LogP contribution >= 0.6 is 0 Å². The molecule has 3 rings (SSSR count). The predicted octanol–water partition coefficient (Wildman–Crippen LogP) is 4.24. The van der Waals surface area contributed by atoms with Crippen molar-refractivity contribution in [3.63, 3.8) is 0 Å². The average molecular weight is 280 g/mol. The summed E-state index contributed by atoms with van der Waals surface area (Å²) in [6.07, 6.45) is 2.71. The van der Waals surface area contributed by atoms with Crippen molar-refractivity contribution < 1.29 is 0 Å². The quantitative estimate of drug-likeness (QED) is 0.851. The summed E-state index contributed by atoms with van der Waals surface area (Å²) in [6.45, 7) is 1.91. The lowest BCUT2D eigenvalue weighted by molar-refractivity contribution is 0.402. The minimum absolute atomic E-state index is 0.811. The van der Waals surface area contributed by atoms with Gasteiger partial charge < -0.3 is 10.2 Å². The first-order valence-corrected chi connectivity index (χ1v) is 7.78. The zero-order chi connectivity index (χ0) is 14.7. The molecule has 0 spiro atoms. The Balaban J connectivity index is 1.62. The molecule has 1 aliphatic carbocycles. The highest BCUT2D eigenvalue weighted by Gasteiger charge is 2.25. The lowest BCUT2D eigenvalue weighted by atomic mass is 10.0. The van der Waals surface area contributed by atoms with Gasteiger partial charge in [-0.25, -0.2) is 0 Å². The number of nitrogens with zero attached hydrogens (tertiary/aromatic N) is 1. The summed E-state index contributed by atoms with van der Waals surface area (Å²) in [5.41, 5.74) is 5.53. The Kier molecular flexibility index (Phi) is 4.26. The molecule has 0 bridgehead atoms. The summed E-state index contributed by atoms with van der Waals surface area (Å²) in [7, 11) is 4.20. The molecule has 0 heterocycles. The third kappa shape index (κ3) is 3.85. The molecular weight excluding hydrogens is 256 g/mol. The predicted molar refractivity (Wildman–Crippen MR) is 89.6 cm³/mol. The molecule has 0 aliphatic heterocycles. The Morgan fingerprint density at radius 2 is 1.71 bits per heavy atom. The maximum absolute atomic E-state index is 3.55. The summed E-state index contributed by atoms with van der Waals surface area (Å²) < 4.78 is 0. The van der Waals surface area contributed by atoms with E-state index < -0.39 is 0 Å². The van der Waals surface area contributed by atoms with E-state index in [9.17, 15) is 0 Å². The molecule has 2 aromatic carbocycles. The van der Waals surface area contributed by atoms with Crippen LogP contribution in [0.25, 0.3) is 0 Å². The highest BCUT2D eigenvalue weighted by Crippen LogP contribution is 2.41. The monoisotopic (exact) mass is 280 g/mol. The summed E-state index contributed by atoms with van der Waals surface area (Å²) >= 11 is 0. The summed E-state index contributed by atoms with van der Waals surface area (Å²) in [4.78, 5) is 2.19. The van der Waals surface area contributed by atoms with Crippen LogP contribution in [-0.2, 0) is 13.1 Å². The number of rotatable bonds is 6. The molecular formula is C19H24N2. The highest BCUT2D eigenvalue weighted by molar-refractivity contribution is 5.46. The normalized spacial score (nSPS) is 14.4. The molecule has 0 aromatic heterocycles. The summed E-state index contributed by atoms with van der Waals surface area (Å²) in [6, 6.07) is 17.6. The van der Waals surface area contributed by atoms with Crippen molar-refractivity contribution in [3.8, 4) is 0 Å². The van der Waals surface area contributed by atoms with Crippen molar-refractivity contribution in [1.29, 1.82) is 0 Å². The van der Waals surface area contributed by atoms with E-state index in [-0.39, 0.29) is 0 Å². The van der Waals surface area contributed by atoms with E-state index in [4.69, 9.17) is 0 Å². The van der Waals surface area contributed by atoms with E-state index in [1.807, 2.05) is 0 Å². The van der Waals surface area contributed by atoms with Gasteiger partial charge in [-0.3, -0.25) is 0 Å². The maximum Gasteiger partial charge on any atom is 0.0403 e. The van der Waals surface area contributed by atoms with Gasteiger partial charge in [0.1, 0.15) is 0 Å². The Bertz CT molecular complexity index is 583. The molecule has 0 atom stereocenters. The second-order valence-corrected chi connectivity index (χ2v) is 6.26. The van der Waals surface area contributed by atoms with E-state index in [1.165, 1.54) is 35.2 Å². The van der Waals surface area contributed by atoms with Crippen LogP contribution in [0.1, 0.15) is 35.4 Å². The molecule has 2 nitrogen and oxygen atoms in total. The van der Waals surface area contributed by atoms with Gasteiger partial charge >= 0.3 is 0 Å². The fourth-order valence-corrected chi connectivity index (χ4v) is 2.78. The van der Waals surface area contributed by atoms with E-state index >= 15 is 0 Å². The van der Waals surface area contributed by atoms with E-state index in [0.29, 0.717) is 0 Å². The van der Waals surface area contributed by atoms with Crippen molar-refractivity contribution in [2.75, 3.05) is 19.4 Å². The van der Waals surface area contributed by atoms with Crippen LogP contribution in [0.4, 0.5) is 5.69 Å². The van der Waals surface area contributed by atoms with Crippen LogP contribution in [0.15, 0.2) is 48.5 Å². The number of anilines is 1. The maximum atomic E-state index is 3.55. The second-order valence-electron chi connectivity index (χ2n) is 6.26. The summed E-state index contributed by atoms with van der Waals surface area (Å²) in [5, 5.41) is 3.55.